The largest absolute Gasteiger partial charge is 0.369 e. The minimum absolute atomic E-state index is 0.787. The molecule has 2 aromatic rings. The molecule has 5 heteroatoms. The van der Waals surface area contributed by atoms with Gasteiger partial charge in [0.2, 0.25) is 0 Å². The standard InChI is InChI=1S/C13H19N3S2/c1-10(2)8-17-6-3-5-14-12-11-4-7-18-13(11)16-9-15-12/h4,7,9-10H,3,5-6,8H2,1-2H3,(H,14,15,16). The van der Waals surface area contributed by atoms with Gasteiger partial charge in [0.25, 0.3) is 0 Å². The van der Waals surface area contributed by atoms with Gasteiger partial charge in [-0.2, -0.15) is 11.8 Å². The number of nitrogens with zero attached hydrogens (tertiary/aromatic N) is 2. The molecule has 18 heavy (non-hydrogen) atoms. The van der Waals surface area contributed by atoms with E-state index in [0.29, 0.717) is 0 Å². The number of nitrogens with one attached hydrogen (secondary N) is 1. The van der Waals surface area contributed by atoms with E-state index >= 15 is 0 Å². The zero-order valence-corrected chi connectivity index (χ0v) is 12.5. The first-order valence-corrected chi connectivity index (χ1v) is 8.30. The first kappa shape index (κ1) is 13.6. The highest BCUT2D eigenvalue weighted by atomic mass is 32.2. The molecule has 2 rings (SSSR count). The molecule has 0 aliphatic heterocycles. The highest BCUT2D eigenvalue weighted by Gasteiger charge is 2.03. The molecule has 0 radical (unpaired) electrons. The molecule has 3 nitrogen and oxygen atoms in total. The van der Waals surface area contributed by atoms with Crippen LogP contribution in [-0.2, 0) is 0 Å². The van der Waals surface area contributed by atoms with Crippen molar-refractivity contribution >= 4 is 39.1 Å². The summed E-state index contributed by atoms with van der Waals surface area (Å²) in [6.07, 6.45) is 2.81. The van der Waals surface area contributed by atoms with Gasteiger partial charge in [-0.05, 0) is 35.3 Å². The minimum Gasteiger partial charge on any atom is -0.369 e. The van der Waals surface area contributed by atoms with Crippen LogP contribution in [-0.4, -0.2) is 28.0 Å². The summed E-state index contributed by atoms with van der Waals surface area (Å²) >= 11 is 3.69. The van der Waals surface area contributed by atoms with Gasteiger partial charge >= 0.3 is 0 Å². The molecule has 0 saturated carbocycles. The van der Waals surface area contributed by atoms with Crippen LogP contribution in [0.1, 0.15) is 20.3 Å². The average Bonchev–Trinajstić information content (AvgIpc) is 2.82. The van der Waals surface area contributed by atoms with E-state index in [2.05, 4.69) is 40.6 Å². The minimum atomic E-state index is 0.787. The molecule has 0 atom stereocenters. The van der Waals surface area contributed by atoms with Gasteiger partial charge in [-0.1, -0.05) is 13.8 Å². The fourth-order valence-electron chi connectivity index (χ4n) is 1.63. The van der Waals surface area contributed by atoms with Crippen LogP contribution in [0.25, 0.3) is 10.2 Å². The Kier molecular flexibility index (Phi) is 5.26. The van der Waals surface area contributed by atoms with Crippen molar-refractivity contribution in [3.63, 3.8) is 0 Å². The van der Waals surface area contributed by atoms with E-state index < -0.39 is 0 Å². The molecule has 0 spiro atoms. The molecule has 0 saturated heterocycles. The van der Waals surface area contributed by atoms with Crippen molar-refractivity contribution in [1.29, 1.82) is 0 Å². The van der Waals surface area contributed by atoms with E-state index in [1.54, 1.807) is 17.7 Å². The fourth-order valence-corrected chi connectivity index (χ4v) is 3.35. The molecule has 0 aliphatic rings. The Bertz CT molecular complexity index is 482. The van der Waals surface area contributed by atoms with Gasteiger partial charge in [0.1, 0.15) is 17.0 Å². The highest BCUT2D eigenvalue weighted by Crippen LogP contribution is 2.23. The lowest BCUT2D eigenvalue weighted by atomic mass is 10.3. The summed E-state index contributed by atoms with van der Waals surface area (Å²) in [6.45, 7) is 5.51. The molecule has 2 heterocycles. The Labute approximate surface area is 116 Å². The van der Waals surface area contributed by atoms with Gasteiger partial charge in [0.15, 0.2) is 0 Å². The van der Waals surface area contributed by atoms with Crippen molar-refractivity contribution in [2.75, 3.05) is 23.4 Å². The summed E-state index contributed by atoms with van der Waals surface area (Å²) in [5.74, 6) is 4.22. The second kappa shape index (κ2) is 6.95. The quantitative estimate of drug-likeness (QED) is 0.782. The van der Waals surface area contributed by atoms with Gasteiger partial charge in [-0.3, -0.25) is 0 Å². The monoisotopic (exact) mass is 281 g/mol. The Morgan fingerprint density at radius 3 is 3.11 bits per heavy atom. The first-order chi connectivity index (χ1) is 8.77. The third kappa shape index (κ3) is 3.85. The SMILES string of the molecule is CC(C)CSCCCNc1ncnc2sccc12. The maximum absolute atomic E-state index is 4.30. The van der Waals surface area contributed by atoms with E-state index in [9.17, 15) is 0 Å². The molecular formula is C13H19N3S2. The summed E-state index contributed by atoms with van der Waals surface area (Å²) < 4.78 is 0. The third-order valence-electron chi connectivity index (χ3n) is 2.47. The topological polar surface area (TPSA) is 37.8 Å². The van der Waals surface area contributed by atoms with Gasteiger partial charge in [-0.15, -0.1) is 11.3 Å². The Morgan fingerprint density at radius 1 is 1.39 bits per heavy atom. The second-order valence-electron chi connectivity index (χ2n) is 4.61. The predicted molar refractivity (Wildman–Crippen MR) is 82.7 cm³/mol. The molecule has 0 aromatic carbocycles. The van der Waals surface area contributed by atoms with Gasteiger partial charge in [-0.25, -0.2) is 9.97 Å². The van der Waals surface area contributed by atoms with Crippen molar-refractivity contribution in [2.24, 2.45) is 5.92 Å². The normalized spacial score (nSPS) is 11.3. The smallest absolute Gasteiger partial charge is 0.138 e. The van der Waals surface area contributed by atoms with E-state index in [0.717, 1.165) is 28.5 Å². The van der Waals surface area contributed by atoms with E-state index in [-0.39, 0.29) is 0 Å². The highest BCUT2D eigenvalue weighted by molar-refractivity contribution is 7.99. The van der Waals surface area contributed by atoms with Crippen LogP contribution in [0.5, 0.6) is 0 Å². The van der Waals surface area contributed by atoms with Gasteiger partial charge < -0.3 is 5.32 Å². The molecule has 0 fully saturated rings. The Morgan fingerprint density at radius 2 is 2.28 bits per heavy atom. The van der Waals surface area contributed by atoms with Crippen molar-refractivity contribution in [3.05, 3.63) is 17.8 Å². The number of rotatable bonds is 7. The maximum Gasteiger partial charge on any atom is 0.138 e. The second-order valence-corrected chi connectivity index (χ2v) is 6.66. The average molecular weight is 281 g/mol. The Balaban J connectivity index is 1.75. The number of anilines is 1. The first-order valence-electron chi connectivity index (χ1n) is 6.27. The number of aromatic nitrogens is 2. The van der Waals surface area contributed by atoms with Crippen LogP contribution in [0.2, 0.25) is 0 Å². The molecule has 0 unspecified atom stereocenters. The lowest BCUT2D eigenvalue weighted by Crippen LogP contribution is -2.05. The molecule has 2 aromatic heterocycles. The van der Waals surface area contributed by atoms with E-state index in [1.165, 1.54) is 17.9 Å². The van der Waals surface area contributed by atoms with Crippen LogP contribution in [0, 0.1) is 5.92 Å². The summed E-state index contributed by atoms with van der Waals surface area (Å²) in [5.41, 5.74) is 0. The molecule has 0 amide bonds. The zero-order chi connectivity index (χ0) is 12.8. The molecular weight excluding hydrogens is 262 g/mol. The number of fused-ring (bicyclic) bond motifs is 1. The van der Waals surface area contributed by atoms with Crippen LogP contribution in [0.3, 0.4) is 0 Å². The van der Waals surface area contributed by atoms with E-state index in [1.807, 2.05) is 11.8 Å². The molecule has 0 bridgehead atoms. The van der Waals surface area contributed by atoms with Crippen molar-refractivity contribution in [1.82, 2.24) is 9.97 Å². The predicted octanol–water partition coefficient (Wildman–Crippen LogP) is 3.88. The van der Waals surface area contributed by atoms with Gasteiger partial charge in [0, 0.05) is 6.54 Å². The summed E-state index contributed by atoms with van der Waals surface area (Å²) in [4.78, 5) is 9.60. The lowest BCUT2D eigenvalue weighted by molar-refractivity contribution is 0.749. The van der Waals surface area contributed by atoms with Crippen molar-refractivity contribution in [2.45, 2.75) is 20.3 Å². The molecule has 98 valence electrons. The number of thioether (sulfide) groups is 1. The lowest BCUT2D eigenvalue weighted by Gasteiger charge is -2.07. The maximum atomic E-state index is 4.30. The molecule has 1 N–H and O–H groups in total. The van der Waals surface area contributed by atoms with E-state index in [4.69, 9.17) is 0 Å². The Hall–Kier alpha value is -0.810. The van der Waals surface area contributed by atoms with Gasteiger partial charge in [0.05, 0.1) is 5.39 Å². The zero-order valence-electron chi connectivity index (χ0n) is 10.8. The van der Waals surface area contributed by atoms with Crippen LogP contribution < -0.4 is 5.32 Å². The number of hydrogen-bond acceptors (Lipinski definition) is 5. The number of thiophene rings is 1. The molecule has 0 aliphatic carbocycles. The van der Waals surface area contributed by atoms with Crippen molar-refractivity contribution in [3.8, 4) is 0 Å². The summed E-state index contributed by atoms with van der Waals surface area (Å²) in [6, 6.07) is 2.08. The van der Waals surface area contributed by atoms with Crippen LogP contribution >= 0.6 is 23.1 Å². The third-order valence-corrected chi connectivity index (χ3v) is 4.77. The van der Waals surface area contributed by atoms with Crippen molar-refractivity contribution < 1.29 is 0 Å². The van der Waals surface area contributed by atoms with Crippen LogP contribution in [0.4, 0.5) is 5.82 Å². The fraction of sp³-hybridized carbons (Fsp3) is 0.538. The summed E-state index contributed by atoms with van der Waals surface area (Å²) in [7, 11) is 0. The van der Waals surface area contributed by atoms with Crippen LogP contribution in [0.15, 0.2) is 17.8 Å². The summed E-state index contributed by atoms with van der Waals surface area (Å²) in [5, 5.41) is 6.60. The number of hydrogen-bond donors (Lipinski definition) is 1.